The second kappa shape index (κ2) is 7.72. The molecule has 2 aliphatic rings. The summed E-state index contributed by atoms with van der Waals surface area (Å²) in [7, 11) is -3.39. The Morgan fingerprint density at radius 2 is 1.96 bits per heavy atom. The smallest absolute Gasteiger partial charge is 0.237 e. The van der Waals surface area contributed by atoms with Gasteiger partial charge in [-0.2, -0.15) is 4.31 Å². The molecule has 1 aliphatic heterocycles. The van der Waals surface area contributed by atoms with E-state index < -0.39 is 22.1 Å². The molecule has 0 spiro atoms. The van der Waals surface area contributed by atoms with Crippen LogP contribution in [-0.2, 0) is 19.6 Å². The third kappa shape index (κ3) is 5.26. The van der Waals surface area contributed by atoms with Gasteiger partial charge in [-0.1, -0.05) is 25.7 Å². The van der Waals surface area contributed by atoms with Gasteiger partial charge < -0.3 is 11.1 Å². The van der Waals surface area contributed by atoms with Crippen LogP contribution in [0.1, 0.15) is 44.9 Å². The Hall–Kier alpha value is -0.990. The minimum atomic E-state index is -3.39. The molecular weight excluding hydrogens is 318 g/mol. The highest BCUT2D eigenvalue weighted by Gasteiger charge is 2.31. The number of hydrogen-bond donors (Lipinski definition) is 2. The number of amides is 1. The van der Waals surface area contributed by atoms with Gasteiger partial charge in [0, 0.05) is 6.54 Å². The number of carbonyl (C=O) groups is 2. The number of nitrogens with zero attached hydrogens (tertiary/aromatic N) is 1. The molecule has 0 aromatic carbocycles. The van der Waals surface area contributed by atoms with E-state index in [1.54, 1.807) is 0 Å². The average Bonchev–Trinajstić information content (AvgIpc) is 2.89. The Balaban J connectivity index is 1.88. The normalized spacial score (nSPS) is 26.0. The monoisotopic (exact) mass is 345 g/mol. The van der Waals surface area contributed by atoms with Crippen LogP contribution in [0.5, 0.6) is 0 Å². The Labute approximate surface area is 138 Å². The quantitative estimate of drug-likeness (QED) is 0.729. The molecule has 0 aromatic heterocycles. The van der Waals surface area contributed by atoms with Crippen LogP contribution < -0.4 is 11.1 Å². The SMILES string of the molecule is CS(=O)(=O)N1CCCC(NC(=O)[C@@H](N)CC2CCCC2)C(=O)C1. The molecule has 2 atom stereocenters. The first-order chi connectivity index (χ1) is 10.8. The molecule has 0 aromatic rings. The molecular formula is C15H27N3O4S. The summed E-state index contributed by atoms with van der Waals surface area (Å²) in [6.07, 6.45) is 7.37. The van der Waals surface area contributed by atoms with Crippen molar-refractivity contribution in [1.29, 1.82) is 0 Å². The van der Waals surface area contributed by atoms with E-state index in [0.29, 0.717) is 31.7 Å². The summed E-state index contributed by atoms with van der Waals surface area (Å²) < 4.78 is 24.3. The summed E-state index contributed by atoms with van der Waals surface area (Å²) in [5.74, 6) is -0.0706. The second-order valence-corrected chi connectivity index (χ2v) is 8.74. The van der Waals surface area contributed by atoms with Gasteiger partial charge in [0.1, 0.15) is 0 Å². The van der Waals surface area contributed by atoms with Gasteiger partial charge in [-0.25, -0.2) is 8.42 Å². The van der Waals surface area contributed by atoms with Crippen LogP contribution in [0.4, 0.5) is 0 Å². The van der Waals surface area contributed by atoms with Gasteiger partial charge in [-0.15, -0.1) is 0 Å². The lowest BCUT2D eigenvalue weighted by atomic mass is 9.98. The van der Waals surface area contributed by atoms with Crippen molar-refractivity contribution in [3.63, 3.8) is 0 Å². The van der Waals surface area contributed by atoms with Crippen LogP contribution in [-0.4, -0.2) is 55.8 Å². The fraction of sp³-hybridized carbons (Fsp3) is 0.867. The lowest BCUT2D eigenvalue weighted by Crippen LogP contribution is -2.50. The first kappa shape index (κ1) is 18.4. The molecule has 7 nitrogen and oxygen atoms in total. The molecule has 0 radical (unpaired) electrons. The van der Waals surface area contributed by atoms with Crippen molar-refractivity contribution in [2.24, 2.45) is 11.7 Å². The molecule has 8 heteroatoms. The van der Waals surface area contributed by atoms with E-state index in [1.807, 2.05) is 0 Å². The molecule has 1 heterocycles. The predicted octanol–water partition coefficient (Wildman–Crippen LogP) is 0.00330. The molecule has 132 valence electrons. The van der Waals surface area contributed by atoms with Crippen molar-refractivity contribution in [2.45, 2.75) is 57.0 Å². The molecule has 3 N–H and O–H groups in total. The summed E-state index contributed by atoms with van der Waals surface area (Å²) in [4.78, 5) is 24.4. The van der Waals surface area contributed by atoms with E-state index in [0.717, 1.165) is 19.1 Å². The second-order valence-electron chi connectivity index (χ2n) is 6.76. The topological polar surface area (TPSA) is 110 Å². The Kier molecular flexibility index (Phi) is 6.16. The number of hydrogen-bond acceptors (Lipinski definition) is 5. The lowest BCUT2D eigenvalue weighted by Gasteiger charge is -2.20. The highest BCUT2D eigenvalue weighted by atomic mass is 32.2. The third-order valence-electron chi connectivity index (χ3n) is 4.81. The summed E-state index contributed by atoms with van der Waals surface area (Å²) in [6, 6.07) is -1.23. The number of carbonyl (C=O) groups excluding carboxylic acids is 2. The van der Waals surface area contributed by atoms with Crippen molar-refractivity contribution in [3.05, 3.63) is 0 Å². The van der Waals surface area contributed by atoms with Crippen molar-refractivity contribution in [2.75, 3.05) is 19.3 Å². The predicted molar refractivity (Wildman–Crippen MR) is 87.1 cm³/mol. The number of sulfonamides is 1. The van der Waals surface area contributed by atoms with Crippen molar-refractivity contribution < 1.29 is 18.0 Å². The highest BCUT2D eigenvalue weighted by molar-refractivity contribution is 7.88. The van der Waals surface area contributed by atoms with E-state index in [2.05, 4.69) is 5.32 Å². The maximum Gasteiger partial charge on any atom is 0.237 e. The summed E-state index contributed by atoms with van der Waals surface area (Å²) in [5, 5.41) is 2.72. The summed E-state index contributed by atoms with van der Waals surface area (Å²) in [6.45, 7) is 0.132. The number of rotatable bonds is 5. The van der Waals surface area contributed by atoms with Gasteiger partial charge >= 0.3 is 0 Å². The zero-order valence-corrected chi connectivity index (χ0v) is 14.5. The van der Waals surface area contributed by atoms with Gasteiger partial charge in [0.15, 0.2) is 5.78 Å². The minimum Gasteiger partial charge on any atom is -0.345 e. The summed E-state index contributed by atoms with van der Waals surface area (Å²) in [5.41, 5.74) is 5.97. The fourth-order valence-electron chi connectivity index (χ4n) is 3.42. The largest absolute Gasteiger partial charge is 0.345 e. The molecule has 1 saturated heterocycles. The zero-order chi connectivity index (χ0) is 17.0. The molecule has 23 heavy (non-hydrogen) atoms. The number of nitrogens with two attached hydrogens (primary N) is 1. The molecule has 2 rings (SSSR count). The van der Waals surface area contributed by atoms with Crippen LogP contribution in [0.25, 0.3) is 0 Å². The van der Waals surface area contributed by atoms with Crippen LogP contribution >= 0.6 is 0 Å². The van der Waals surface area contributed by atoms with E-state index in [4.69, 9.17) is 5.73 Å². The minimum absolute atomic E-state index is 0.179. The van der Waals surface area contributed by atoms with Gasteiger partial charge in [-0.05, 0) is 25.2 Å². The van der Waals surface area contributed by atoms with Crippen molar-refractivity contribution in [3.8, 4) is 0 Å². The Morgan fingerprint density at radius 3 is 2.57 bits per heavy atom. The van der Waals surface area contributed by atoms with Crippen LogP contribution in [0.2, 0.25) is 0 Å². The maximum atomic E-state index is 12.2. The molecule has 1 unspecified atom stereocenters. The molecule has 2 fully saturated rings. The van der Waals surface area contributed by atoms with Gasteiger partial charge in [0.25, 0.3) is 0 Å². The van der Waals surface area contributed by atoms with Crippen LogP contribution in [0.15, 0.2) is 0 Å². The molecule has 0 bridgehead atoms. The van der Waals surface area contributed by atoms with E-state index in [1.165, 1.54) is 17.1 Å². The standard InChI is InChI=1S/C15H27N3O4S/c1-23(21,22)18-8-4-7-13(14(19)10-18)17-15(20)12(16)9-11-5-2-3-6-11/h11-13H,2-10,16H2,1H3,(H,17,20)/t12-,13?/m0/s1. The Bertz CT molecular complexity index is 543. The van der Waals surface area contributed by atoms with Gasteiger partial charge in [0.05, 0.1) is 24.9 Å². The van der Waals surface area contributed by atoms with Crippen molar-refractivity contribution in [1.82, 2.24) is 9.62 Å². The number of nitrogens with one attached hydrogen (secondary N) is 1. The number of ketones is 1. The van der Waals surface area contributed by atoms with E-state index in [9.17, 15) is 18.0 Å². The first-order valence-corrected chi connectivity index (χ1v) is 10.2. The van der Waals surface area contributed by atoms with Gasteiger partial charge in [0.2, 0.25) is 15.9 Å². The molecule has 1 saturated carbocycles. The van der Waals surface area contributed by atoms with Gasteiger partial charge in [-0.3, -0.25) is 9.59 Å². The maximum absolute atomic E-state index is 12.2. The average molecular weight is 345 g/mol. The summed E-state index contributed by atoms with van der Waals surface area (Å²) >= 11 is 0. The van der Waals surface area contributed by atoms with E-state index >= 15 is 0 Å². The molecule has 1 amide bonds. The molecule has 1 aliphatic carbocycles. The first-order valence-electron chi connectivity index (χ1n) is 8.31. The van der Waals surface area contributed by atoms with Crippen molar-refractivity contribution >= 4 is 21.7 Å². The van der Waals surface area contributed by atoms with E-state index in [-0.39, 0.29) is 18.2 Å². The number of Topliss-reactive ketones (excluding diaryl/α,β-unsaturated/α-hetero) is 1. The Morgan fingerprint density at radius 1 is 1.30 bits per heavy atom. The zero-order valence-electron chi connectivity index (χ0n) is 13.7. The third-order valence-corrected chi connectivity index (χ3v) is 6.06. The lowest BCUT2D eigenvalue weighted by molar-refractivity contribution is -0.128. The fourth-order valence-corrected chi connectivity index (χ4v) is 4.25. The van der Waals surface area contributed by atoms with Crippen LogP contribution in [0, 0.1) is 5.92 Å². The van der Waals surface area contributed by atoms with Crippen LogP contribution in [0.3, 0.4) is 0 Å². The highest BCUT2D eigenvalue weighted by Crippen LogP contribution is 2.28.